The van der Waals surface area contributed by atoms with Gasteiger partial charge in [-0.3, -0.25) is 0 Å². The van der Waals surface area contributed by atoms with Crippen LogP contribution < -0.4 is 28.8 Å². The van der Waals surface area contributed by atoms with E-state index in [9.17, 15) is 0 Å². The Morgan fingerprint density at radius 3 is 1.29 bits per heavy atom. The molecule has 0 aliphatic rings. The third kappa shape index (κ3) is 1410. The Kier molecular flexibility index (Phi) is 62.0. The monoisotopic (exact) mass is 137 g/mol. The summed E-state index contributed by atoms with van der Waals surface area (Å²) in [4.78, 5) is 8.33. The molecule has 40 valence electrons. The van der Waals surface area contributed by atoms with Crippen LogP contribution in [-0.4, -0.2) is 29.2 Å². The third-order valence-electron chi connectivity index (χ3n) is 0. The molecular formula is CH4ClMgNO3. The van der Waals surface area contributed by atoms with E-state index in [4.69, 9.17) is 15.0 Å². The molecule has 0 unspecified atom stereocenters. The van der Waals surface area contributed by atoms with Crippen molar-refractivity contribution in [2.75, 3.05) is 0 Å². The van der Waals surface area contributed by atoms with Gasteiger partial charge in [0.15, 0.2) is 0 Å². The van der Waals surface area contributed by atoms with Gasteiger partial charge in [-0.25, -0.2) is 0 Å². The van der Waals surface area contributed by atoms with Crippen molar-refractivity contribution in [1.29, 1.82) is 0 Å². The standard InChI is InChI=1S/CH2O3.ClH.Mg.H3N/c2-1(3)4;;;/h(H2,2,3,4);1H;;1H3/q;;+2;/p-2. The molecule has 0 saturated heterocycles. The minimum Gasteiger partial charge on any atom is -1.00 e. The maximum absolute atomic E-state index is 8.33. The first-order valence-electron chi connectivity index (χ1n) is 0.612. The fraction of sp³-hybridized carbons (Fsp3) is 0. The van der Waals surface area contributed by atoms with Gasteiger partial charge in [0, 0.05) is 0 Å². The second kappa shape index (κ2) is 16.3. The van der Waals surface area contributed by atoms with Crippen molar-refractivity contribution >= 4 is 29.2 Å². The van der Waals surface area contributed by atoms with Crippen LogP contribution in [0.1, 0.15) is 0 Å². The van der Waals surface area contributed by atoms with Crippen molar-refractivity contribution < 1.29 is 27.4 Å². The van der Waals surface area contributed by atoms with Crippen LogP contribution in [0, 0.1) is 0 Å². The van der Waals surface area contributed by atoms with Gasteiger partial charge in [-0.15, -0.1) is 0 Å². The predicted molar refractivity (Wildman–Crippen MR) is 17.1 cm³/mol. The predicted octanol–water partition coefficient (Wildman–Crippen LogP) is -5.45. The fourth-order valence-corrected chi connectivity index (χ4v) is 0. The number of rotatable bonds is 0. The van der Waals surface area contributed by atoms with Gasteiger partial charge < -0.3 is 33.6 Å². The summed E-state index contributed by atoms with van der Waals surface area (Å²) in [5.41, 5.74) is 0. The van der Waals surface area contributed by atoms with Crippen molar-refractivity contribution in [3.63, 3.8) is 0 Å². The molecule has 0 bridgehead atoms. The van der Waals surface area contributed by atoms with Crippen LogP contribution in [-0.2, 0) is 0 Å². The average molecular weight is 138 g/mol. The minimum absolute atomic E-state index is 0. The Hall–Kier alpha value is 0.286. The van der Waals surface area contributed by atoms with E-state index in [1.54, 1.807) is 0 Å². The van der Waals surface area contributed by atoms with E-state index >= 15 is 0 Å². The molecule has 0 saturated carbocycles. The van der Waals surface area contributed by atoms with Gasteiger partial charge in [0.2, 0.25) is 0 Å². The van der Waals surface area contributed by atoms with Gasteiger partial charge in [0.05, 0.1) is 0 Å². The fourth-order valence-electron chi connectivity index (χ4n) is 0. The second-order valence-corrected chi connectivity index (χ2v) is 0.250. The molecule has 0 aliphatic heterocycles. The van der Waals surface area contributed by atoms with Crippen LogP contribution in [0.3, 0.4) is 0 Å². The number of hydrogen-bond donors (Lipinski definition) is 1. The van der Waals surface area contributed by atoms with Crippen molar-refractivity contribution in [1.82, 2.24) is 6.15 Å². The summed E-state index contributed by atoms with van der Waals surface area (Å²) in [5, 5.41) is 16.7. The van der Waals surface area contributed by atoms with Crippen LogP contribution >= 0.6 is 0 Å². The summed E-state index contributed by atoms with van der Waals surface area (Å²) in [6, 6.07) is 0. The van der Waals surface area contributed by atoms with Crippen LogP contribution in [0.5, 0.6) is 0 Å². The number of carbonyl (C=O) groups excluding carboxylic acids is 1. The average Bonchev–Trinajstić information content (AvgIpc) is 0.811. The first-order valence-corrected chi connectivity index (χ1v) is 0.612. The normalized spacial score (nSPS) is 3.43. The Morgan fingerprint density at radius 1 is 1.29 bits per heavy atom. The van der Waals surface area contributed by atoms with Crippen molar-refractivity contribution in [3.05, 3.63) is 0 Å². The SMILES string of the molecule is O=C([O-])[O-].[Cl-].[Mg+2].[NH4+]. The van der Waals surface area contributed by atoms with E-state index in [1.165, 1.54) is 0 Å². The molecule has 0 fully saturated rings. The first kappa shape index (κ1) is 26.7. The number of carbonyl (C=O) groups is 1. The maximum atomic E-state index is 8.33. The number of quaternary nitrogens is 1. The number of carboxylic acid groups (broad SMARTS) is 2. The summed E-state index contributed by atoms with van der Waals surface area (Å²) >= 11 is 0. The maximum Gasteiger partial charge on any atom is 2.00 e. The van der Waals surface area contributed by atoms with E-state index in [0.29, 0.717) is 0 Å². The van der Waals surface area contributed by atoms with Crippen molar-refractivity contribution in [2.24, 2.45) is 0 Å². The number of hydrogen-bond acceptors (Lipinski definition) is 3. The Labute approximate surface area is 63.0 Å². The second-order valence-electron chi connectivity index (χ2n) is 0.250. The third-order valence-corrected chi connectivity index (χ3v) is 0. The quantitative estimate of drug-likeness (QED) is 0.338. The molecule has 0 radical (unpaired) electrons. The minimum atomic E-state index is -2.33. The molecule has 4 nitrogen and oxygen atoms in total. The van der Waals surface area contributed by atoms with Gasteiger partial charge in [0.1, 0.15) is 0 Å². The van der Waals surface area contributed by atoms with Gasteiger partial charge in [-0.2, -0.15) is 0 Å². The Bertz CT molecular complexity index is 37.9. The molecule has 0 atom stereocenters. The zero-order valence-electron chi connectivity index (χ0n) is 3.81. The van der Waals surface area contributed by atoms with Crippen molar-refractivity contribution in [3.8, 4) is 0 Å². The topological polar surface area (TPSA) is 99.7 Å². The molecule has 4 N–H and O–H groups in total. The molecule has 0 aromatic heterocycles. The van der Waals surface area contributed by atoms with Gasteiger partial charge in [-0.1, -0.05) is 0 Å². The van der Waals surface area contributed by atoms with E-state index < -0.39 is 6.16 Å². The first-order chi connectivity index (χ1) is 1.73. The Balaban J connectivity index is -0.0000000150. The molecular weight excluding hydrogens is 134 g/mol. The molecule has 7 heavy (non-hydrogen) atoms. The summed E-state index contributed by atoms with van der Waals surface area (Å²) in [7, 11) is 0. The van der Waals surface area contributed by atoms with E-state index in [-0.39, 0.29) is 41.6 Å². The number of halogens is 1. The van der Waals surface area contributed by atoms with Gasteiger partial charge >= 0.3 is 23.1 Å². The zero-order chi connectivity index (χ0) is 3.58. The van der Waals surface area contributed by atoms with Crippen LogP contribution in [0.4, 0.5) is 4.79 Å². The van der Waals surface area contributed by atoms with E-state index in [1.807, 2.05) is 0 Å². The smallest absolute Gasteiger partial charge is 1.00 e. The molecule has 0 spiro atoms. The largest absolute Gasteiger partial charge is 2.00 e. The van der Waals surface area contributed by atoms with Gasteiger partial charge in [0.25, 0.3) is 0 Å². The molecule has 0 rings (SSSR count). The zero-order valence-corrected chi connectivity index (χ0v) is 5.98. The van der Waals surface area contributed by atoms with Crippen LogP contribution in [0.25, 0.3) is 0 Å². The molecule has 0 aromatic carbocycles. The molecule has 0 heterocycles. The molecule has 0 aromatic rings. The van der Waals surface area contributed by atoms with E-state index in [0.717, 1.165) is 0 Å². The van der Waals surface area contributed by atoms with Crippen LogP contribution in [0.15, 0.2) is 0 Å². The summed E-state index contributed by atoms with van der Waals surface area (Å²) in [6.07, 6.45) is -2.33. The van der Waals surface area contributed by atoms with Crippen LogP contribution in [0.2, 0.25) is 0 Å². The summed E-state index contributed by atoms with van der Waals surface area (Å²) in [5.74, 6) is 0. The van der Waals surface area contributed by atoms with Crippen molar-refractivity contribution in [2.45, 2.75) is 0 Å². The summed E-state index contributed by atoms with van der Waals surface area (Å²) < 4.78 is 0. The Morgan fingerprint density at radius 2 is 1.29 bits per heavy atom. The van der Waals surface area contributed by atoms with E-state index in [2.05, 4.69) is 0 Å². The van der Waals surface area contributed by atoms with Gasteiger partial charge in [-0.05, 0) is 6.16 Å². The molecule has 6 heteroatoms. The summed E-state index contributed by atoms with van der Waals surface area (Å²) in [6.45, 7) is 0. The molecule has 0 aliphatic carbocycles. The molecule has 0 amide bonds.